The van der Waals surface area contributed by atoms with Crippen molar-refractivity contribution in [3.8, 4) is 5.75 Å². The monoisotopic (exact) mass is 411 g/mol. The predicted octanol–water partition coefficient (Wildman–Crippen LogP) is 3.71. The molecule has 0 aromatic heterocycles. The molecule has 1 unspecified atom stereocenters. The van der Waals surface area contributed by atoms with Crippen molar-refractivity contribution >= 4 is 23.7 Å². The summed E-state index contributed by atoms with van der Waals surface area (Å²) in [6.45, 7) is 2.46. The van der Waals surface area contributed by atoms with Gasteiger partial charge in [0.05, 0.1) is 19.2 Å². The van der Waals surface area contributed by atoms with E-state index in [0.717, 1.165) is 29.1 Å². The zero-order valence-corrected chi connectivity index (χ0v) is 16.8. The summed E-state index contributed by atoms with van der Waals surface area (Å²) in [6.07, 6.45) is 1.33. The van der Waals surface area contributed by atoms with Crippen molar-refractivity contribution in [2.24, 2.45) is 0 Å². The lowest BCUT2D eigenvalue weighted by molar-refractivity contribution is -0.126. The second-order valence-corrected chi connectivity index (χ2v) is 6.85. The van der Waals surface area contributed by atoms with Gasteiger partial charge in [-0.1, -0.05) is 43.7 Å². The smallest absolute Gasteiger partial charge is 0.417 e. The summed E-state index contributed by atoms with van der Waals surface area (Å²) in [6, 6.07) is 15.2. The van der Waals surface area contributed by atoms with Gasteiger partial charge in [-0.15, -0.1) is 0 Å². The molecule has 0 radical (unpaired) electrons. The normalized spacial score (nSPS) is 14.2. The van der Waals surface area contributed by atoms with Gasteiger partial charge in [0.15, 0.2) is 6.61 Å². The number of nitrogens with one attached hydrogen (secondary N) is 2. The number of carbonyl (C=O) groups excluding carboxylic acids is 3. The minimum absolute atomic E-state index is 0.0146. The van der Waals surface area contributed by atoms with Crippen molar-refractivity contribution in [1.82, 2.24) is 10.2 Å². The number of unbranched alkanes of at least 4 members (excludes halogenated alkanes) is 1. The van der Waals surface area contributed by atoms with Crippen LogP contribution in [0.25, 0.3) is 0 Å². The van der Waals surface area contributed by atoms with E-state index in [4.69, 9.17) is 9.47 Å². The van der Waals surface area contributed by atoms with E-state index >= 15 is 0 Å². The van der Waals surface area contributed by atoms with E-state index in [2.05, 4.69) is 17.6 Å². The highest BCUT2D eigenvalue weighted by Crippen LogP contribution is 2.19. The van der Waals surface area contributed by atoms with E-state index in [-0.39, 0.29) is 13.2 Å². The minimum Gasteiger partial charge on any atom is -0.494 e. The van der Waals surface area contributed by atoms with Gasteiger partial charge in [0.2, 0.25) is 0 Å². The third kappa shape index (κ3) is 5.73. The molecule has 0 saturated carbocycles. The molecule has 1 atom stereocenters. The number of imide groups is 1. The maximum Gasteiger partial charge on any atom is 0.417 e. The highest BCUT2D eigenvalue weighted by atomic mass is 16.6. The fraction of sp³-hybridized carbons (Fsp3) is 0.318. The number of urea groups is 1. The molecule has 1 aliphatic heterocycles. The minimum atomic E-state index is -0.707. The first-order chi connectivity index (χ1) is 14.6. The summed E-state index contributed by atoms with van der Waals surface area (Å²) in [5, 5.41) is 5.58. The molecule has 0 aliphatic carbocycles. The van der Waals surface area contributed by atoms with Crippen LogP contribution in [0.2, 0.25) is 0 Å². The van der Waals surface area contributed by atoms with Gasteiger partial charge < -0.3 is 20.1 Å². The molecule has 2 N–H and O–H groups in total. The van der Waals surface area contributed by atoms with Crippen LogP contribution in [-0.4, -0.2) is 42.7 Å². The van der Waals surface area contributed by atoms with Crippen LogP contribution in [0.1, 0.15) is 31.4 Å². The molecule has 1 aliphatic rings. The molecular weight excluding hydrogens is 386 g/mol. The van der Waals surface area contributed by atoms with Gasteiger partial charge in [-0.2, -0.15) is 0 Å². The van der Waals surface area contributed by atoms with E-state index < -0.39 is 24.1 Å². The number of benzene rings is 2. The molecule has 158 valence electrons. The maximum absolute atomic E-state index is 12.6. The Hall–Kier alpha value is -3.55. The first kappa shape index (κ1) is 21.2. The van der Waals surface area contributed by atoms with Crippen molar-refractivity contribution in [2.45, 2.75) is 25.8 Å². The number of nitrogens with zero attached hydrogens (tertiary/aromatic N) is 1. The molecule has 2 aromatic rings. The average Bonchev–Trinajstić information content (AvgIpc) is 3.07. The lowest BCUT2D eigenvalue weighted by Gasteiger charge is -2.23. The number of amides is 4. The predicted molar refractivity (Wildman–Crippen MR) is 111 cm³/mol. The molecule has 30 heavy (non-hydrogen) atoms. The first-order valence-corrected chi connectivity index (χ1v) is 9.89. The molecule has 4 amide bonds. The lowest BCUT2D eigenvalue weighted by Crippen LogP contribution is -2.41. The van der Waals surface area contributed by atoms with Crippen LogP contribution < -0.4 is 15.4 Å². The molecule has 1 fully saturated rings. The van der Waals surface area contributed by atoms with Gasteiger partial charge in [0, 0.05) is 5.69 Å². The Kier molecular flexibility index (Phi) is 7.26. The number of anilines is 1. The van der Waals surface area contributed by atoms with Crippen LogP contribution in [0.4, 0.5) is 15.3 Å². The number of hydrogen-bond donors (Lipinski definition) is 2. The number of ether oxygens (including phenoxy) is 2. The van der Waals surface area contributed by atoms with Gasteiger partial charge in [-0.05, 0) is 36.2 Å². The van der Waals surface area contributed by atoms with Crippen LogP contribution >= 0.6 is 0 Å². The summed E-state index contributed by atoms with van der Waals surface area (Å²) in [5.41, 5.74) is 1.36. The van der Waals surface area contributed by atoms with Crippen LogP contribution in [0.5, 0.6) is 5.75 Å². The number of cyclic esters (lactones) is 1. The van der Waals surface area contributed by atoms with Crippen molar-refractivity contribution in [3.05, 3.63) is 60.2 Å². The Morgan fingerprint density at radius 3 is 2.50 bits per heavy atom. The number of carbonyl (C=O) groups is 3. The molecule has 8 heteroatoms. The van der Waals surface area contributed by atoms with Gasteiger partial charge >= 0.3 is 12.1 Å². The van der Waals surface area contributed by atoms with Crippen LogP contribution in [0.3, 0.4) is 0 Å². The summed E-state index contributed by atoms with van der Waals surface area (Å²) in [5.74, 6) is 0.310. The largest absolute Gasteiger partial charge is 0.494 e. The lowest BCUT2D eigenvalue weighted by atomic mass is 10.1. The molecule has 2 aromatic carbocycles. The number of rotatable bonds is 9. The first-order valence-electron chi connectivity index (χ1n) is 9.89. The van der Waals surface area contributed by atoms with E-state index in [0.29, 0.717) is 12.3 Å². The Balaban J connectivity index is 1.63. The van der Waals surface area contributed by atoms with E-state index in [1.165, 1.54) is 0 Å². The second-order valence-electron chi connectivity index (χ2n) is 6.85. The maximum atomic E-state index is 12.6. The quantitative estimate of drug-likeness (QED) is 0.613. The van der Waals surface area contributed by atoms with Crippen molar-refractivity contribution in [3.63, 3.8) is 0 Å². The summed E-state index contributed by atoms with van der Waals surface area (Å²) < 4.78 is 10.4. The fourth-order valence-electron chi connectivity index (χ4n) is 2.95. The molecule has 3 rings (SSSR count). The molecule has 0 spiro atoms. The van der Waals surface area contributed by atoms with Crippen molar-refractivity contribution in [2.75, 3.05) is 25.1 Å². The highest BCUT2D eigenvalue weighted by Gasteiger charge is 2.33. The summed E-state index contributed by atoms with van der Waals surface area (Å²) in [4.78, 5) is 37.2. The zero-order valence-electron chi connectivity index (χ0n) is 16.8. The highest BCUT2D eigenvalue weighted by molar-refractivity contribution is 5.98. The molecule has 1 heterocycles. The third-order valence-corrected chi connectivity index (χ3v) is 4.59. The molecular formula is C22H25N3O5. The van der Waals surface area contributed by atoms with Gasteiger partial charge in [0.1, 0.15) is 5.75 Å². The Bertz CT molecular complexity index is 854. The molecule has 0 bridgehead atoms. The van der Waals surface area contributed by atoms with E-state index in [1.807, 2.05) is 30.3 Å². The fourth-order valence-corrected chi connectivity index (χ4v) is 2.95. The Morgan fingerprint density at radius 1 is 1.13 bits per heavy atom. The van der Waals surface area contributed by atoms with Crippen molar-refractivity contribution < 1.29 is 23.9 Å². The van der Waals surface area contributed by atoms with Crippen molar-refractivity contribution in [1.29, 1.82) is 0 Å². The van der Waals surface area contributed by atoms with E-state index in [1.54, 1.807) is 24.3 Å². The topological polar surface area (TPSA) is 97.0 Å². The summed E-state index contributed by atoms with van der Waals surface area (Å²) in [7, 11) is 0. The second kappa shape index (κ2) is 10.3. The molecule has 8 nitrogen and oxygen atoms in total. The zero-order chi connectivity index (χ0) is 21.3. The van der Waals surface area contributed by atoms with Crippen LogP contribution in [0.15, 0.2) is 54.6 Å². The van der Waals surface area contributed by atoms with Gasteiger partial charge in [-0.3, -0.25) is 4.79 Å². The standard InChI is InChI=1S/C22H25N3O5/c1-2-3-13-29-18-11-9-17(10-12-18)23-21(27)24-19(16-7-5-4-6-8-16)14-25-20(26)15-30-22(25)28/h4-12,19H,2-3,13-15H2,1H3,(H2,23,24,27). The Morgan fingerprint density at radius 2 is 1.87 bits per heavy atom. The number of hydrogen-bond acceptors (Lipinski definition) is 5. The SMILES string of the molecule is CCCCOc1ccc(NC(=O)NC(CN2C(=O)COC2=O)c2ccccc2)cc1. The van der Waals surface area contributed by atoms with Gasteiger partial charge in [0.25, 0.3) is 5.91 Å². The summed E-state index contributed by atoms with van der Waals surface area (Å²) >= 11 is 0. The van der Waals surface area contributed by atoms with E-state index in [9.17, 15) is 14.4 Å². The van der Waals surface area contributed by atoms with Crippen LogP contribution in [0, 0.1) is 0 Å². The third-order valence-electron chi connectivity index (χ3n) is 4.59. The van der Waals surface area contributed by atoms with Crippen LogP contribution in [-0.2, 0) is 9.53 Å². The average molecular weight is 411 g/mol. The molecule has 1 saturated heterocycles. The van der Waals surface area contributed by atoms with Gasteiger partial charge in [-0.25, -0.2) is 14.5 Å². The Labute approximate surface area is 175 Å².